The summed E-state index contributed by atoms with van der Waals surface area (Å²) in [5, 5.41) is 5.75. The van der Waals surface area contributed by atoms with Crippen molar-refractivity contribution >= 4 is 17.6 Å². The van der Waals surface area contributed by atoms with Gasteiger partial charge in [0.1, 0.15) is 12.0 Å². The second kappa shape index (κ2) is 5.99. The molecule has 2 N–H and O–H groups in total. The van der Waals surface area contributed by atoms with Gasteiger partial charge < -0.3 is 9.73 Å². The minimum absolute atomic E-state index is 0.177. The van der Waals surface area contributed by atoms with E-state index >= 15 is 0 Å². The quantitative estimate of drug-likeness (QED) is 0.863. The Balaban J connectivity index is 2.06. The van der Waals surface area contributed by atoms with Crippen LogP contribution in [0.3, 0.4) is 0 Å². The van der Waals surface area contributed by atoms with Gasteiger partial charge in [0.05, 0.1) is 5.69 Å². The number of nitrogens with zero attached hydrogens (tertiary/aromatic N) is 2. The molecule has 6 nitrogen and oxygen atoms in total. The first-order chi connectivity index (χ1) is 9.19. The van der Waals surface area contributed by atoms with Crippen LogP contribution in [0.1, 0.15) is 29.5 Å². The van der Waals surface area contributed by atoms with E-state index in [0.717, 1.165) is 18.7 Å². The molecule has 0 unspecified atom stereocenters. The summed E-state index contributed by atoms with van der Waals surface area (Å²) >= 11 is 0. The van der Waals surface area contributed by atoms with E-state index in [1.807, 2.05) is 6.07 Å². The van der Waals surface area contributed by atoms with Crippen molar-refractivity contribution in [3.8, 4) is 0 Å². The summed E-state index contributed by atoms with van der Waals surface area (Å²) < 4.78 is 5.07. The number of hydrogen-bond acceptors (Lipinski definition) is 5. The van der Waals surface area contributed by atoms with Crippen molar-refractivity contribution < 1.29 is 9.21 Å². The summed E-state index contributed by atoms with van der Waals surface area (Å²) in [5.74, 6) is -0.345. The molecule has 6 heteroatoms. The van der Waals surface area contributed by atoms with Gasteiger partial charge in [0.2, 0.25) is 0 Å². The highest BCUT2D eigenvalue weighted by molar-refractivity contribution is 6.02. The smallest absolute Gasteiger partial charge is 0.301 e. The molecule has 0 aliphatic rings. The fourth-order valence-corrected chi connectivity index (χ4v) is 1.51. The number of nitrogens with one attached hydrogen (secondary N) is 2. The normalized spacial score (nSPS) is 10.2. The molecule has 100 valence electrons. The second-order valence-corrected chi connectivity index (χ2v) is 4.10. The van der Waals surface area contributed by atoms with Gasteiger partial charge in [-0.2, -0.15) is 4.98 Å². The van der Waals surface area contributed by atoms with E-state index in [1.54, 1.807) is 19.2 Å². The molecular formula is C13H16N4O2. The summed E-state index contributed by atoms with van der Waals surface area (Å²) in [6.45, 7) is 4.71. The number of oxazole rings is 1. The molecule has 0 radical (unpaired) electrons. The summed E-state index contributed by atoms with van der Waals surface area (Å²) in [5.41, 5.74) is 1.89. The van der Waals surface area contributed by atoms with Gasteiger partial charge in [-0.05, 0) is 25.5 Å². The van der Waals surface area contributed by atoms with Crippen molar-refractivity contribution in [1.29, 1.82) is 0 Å². The monoisotopic (exact) mass is 260 g/mol. The summed E-state index contributed by atoms with van der Waals surface area (Å²) in [6.07, 6.45) is 4.08. The van der Waals surface area contributed by atoms with Crippen LogP contribution >= 0.6 is 0 Å². The van der Waals surface area contributed by atoms with Crippen LogP contribution in [-0.2, 0) is 0 Å². The number of anilines is 2. The molecule has 0 saturated heterocycles. The molecule has 0 aliphatic heterocycles. The van der Waals surface area contributed by atoms with Gasteiger partial charge in [0.15, 0.2) is 0 Å². The lowest BCUT2D eigenvalue weighted by Crippen LogP contribution is -2.14. The molecule has 0 saturated carbocycles. The lowest BCUT2D eigenvalue weighted by molar-refractivity contribution is 0.101. The predicted octanol–water partition coefficient (Wildman–Crippen LogP) is 2.45. The predicted molar refractivity (Wildman–Crippen MR) is 72.2 cm³/mol. The SMILES string of the molecule is CCCNc1ccnc(C(=O)Nc2nc(C)co2)c1. The first kappa shape index (κ1) is 13.1. The summed E-state index contributed by atoms with van der Waals surface area (Å²) in [4.78, 5) is 20.0. The standard InChI is InChI=1S/C13H16N4O2/c1-3-5-14-10-4-6-15-11(7-10)12(18)17-13-16-9(2)8-19-13/h4,6-8H,3,5H2,1-2H3,(H,14,15)(H,16,17,18). The third-order valence-electron chi connectivity index (χ3n) is 2.41. The lowest BCUT2D eigenvalue weighted by atomic mass is 10.3. The molecular weight excluding hydrogens is 244 g/mol. The first-order valence-corrected chi connectivity index (χ1v) is 6.12. The van der Waals surface area contributed by atoms with Crippen molar-refractivity contribution in [3.05, 3.63) is 36.0 Å². The number of carbonyl (C=O) groups is 1. The number of rotatable bonds is 5. The number of amides is 1. The Bertz CT molecular complexity index is 565. The molecule has 2 aromatic heterocycles. The fourth-order valence-electron chi connectivity index (χ4n) is 1.51. The molecule has 0 aromatic carbocycles. The van der Waals surface area contributed by atoms with Crippen LogP contribution in [0.2, 0.25) is 0 Å². The van der Waals surface area contributed by atoms with Crippen LogP contribution in [0.4, 0.5) is 11.7 Å². The Morgan fingerprint density at radius 2 is 2.32 bits per heavy atom. The van der Waals surface area contributed by atoms with Crippen LogP contribution in [0.5, 0.6) is 0 Å². The van der Waals surface area contributed by atoms with Gasteiger partial charge in [0, 0.05) is 18.4 Å². The molecule has 1 amide bonds. The van der Waals surface area contributed by atoms with Gasteiger partial charge in [-0.25, -0.2) is 0 Å². The van der Waals surface area contributed by atoms with E-state index in [-0.39, 0.29) is 11.9 Å². The molecule has 2 rings (SSSR count). The third kappa shape index (κ3) is 3.54. The Labute approximate surface area is 111 Å². The van der Waals surface area contributed by atoms with Crippen molar-refractivity contribution in [2.24, 2.45) is 0 Å². The van der Waals surface area contributed by atoms with Gasteiger partial charge in [-0.15, -0.1) is 0 Å². The molecule has 19 heavy (non-hydrogen) atoms. The number of carbonyl (C=O) groups excluding carboxylic acids is 1. The van der Waals surface area contributed by atoms with Gasteiger partial charge >= 0.3 is 6.01 Å². The van der Waals surface area contributed by atoms with Crippen LogP contribution < -0.4 is 10.6 Å². The zero-order valence-electron chi connectivity index (χ0n) is 10.9. The lowest BCUT2D eigenvalue weighted by Gasteiger charge is -2.06. The van der Waals surface area contributed by atoms with E-state index in [1.165, 1.54) is 6.26 Å². The molecule has 0 spiro atoms. The minimum atomic E-state index is -0.345. The van der Waals surface area contributed by atoms with E-state index in [2.05, 4.69) is 27.5 Å². The van der Waals surface area contributed by atoms with Crippen molar-refractivity contribution in [2.75, 3.05) is 17.2 Å². The zero-order valence-corrected chi connectivity index (χ0v) is 10.9. The van der Waals surface area contributed by atoms with Crippen LogP contribution in [0.15, 0.2) is 29.0 Å². The Morgan fingerprint density at radius 1 is 1.47 bits per heavy atom. The number of aromatic nitrogens is 2. The molecule has 0 atom stereocenters. The Kier molecular flexibility index (Phi) is 4.12. The number of pyridine rings is 1. The highest BCUT2D eigenvalue weighted by Crippen LogP contribution is 2.11. The maximum atomic E-state index is 11.9. The summed E-state index contributed by atoms with van der Waals surface area (Å²) in [7, 11) is 0. The van der Waals surface area contributed by atoms with Crippen LogP contribution in [0.25, 0.3) is 0 Å². The maximum Gasteiger partial charge on any atom is 0.301 e. The van der Waals surface area contributed by atoms with E-state index in [9.17, 15) is 4.79 Å². The molecule has 2 aromatic rings. The van der Waals surface area contributed by atoms with Crippen molar-refractivity contribution in [3.63, 3.8) is 0 Å². The maximum absolute atomic E-state index is 11.9. The van der Waals surface area contributed by atoms with Crippen LogP contribution in [-0.4, -0.2) is 22.4 Å². The van der Waals surface area contributed by atoms with Crippen LogP contribution in [0, 0.1) is 6.92 Å². The van der Waals surface area contributed by atoms with Crippen molar-refractivity contribution in [2.45, 2.75) is 20.3 Å². The number of hydrogen-bond donors (Lipinski definition) is 2. The summed E-state index contributed by atoms with van der Waals surface area (Å²) in [6, 6.07) is 3.69. The average Bonchev–Trinajstić information content (AvgIpc) is 2.82. The number of aryl methyl sites for hydroxylation is 1. The average molecular weight is 260 g/mol. The van der Waals surface area contributed by atoms with E-state index in [0.29, 0.717) is 11.4 Å². The Hall–Kier alpha value is -2.37. The Morgan fingerprint density at radius 3 is 3.00 bits per heavy atom. The third-order valence-corrected chi connectivity index (χ3v) is 2.41. The molecule has 0 fully saturated rings. The van der Waals surface area contributed by atoms with E-state index < -0.39 is 0 Å². The van der Waals surface area contributed by atoms with Gasteiger partial charge in [-0.1, -0.05) is 6.92 Å². The highest BCUT2D eigenvalue weighted by Gasteiger charge is 2.11. The zero-order chi connectivity index (χ0) is 13.7. The molecule has 2 heterocycles. The highest BCUT2D eigenvalue weighted by atomic mass is 16.4. The van der Waals surface area contributed by atoms with Crippen molar-refractivity contribution in [1.82, 2.24) is 9.97 Å². The molecule has 0 aliphatic carbocycles. The minimum Gasteiger partial charge on any atom is -0.432 e. The van der Waals surface area contributed by atoms with Gasteiger partial charge in [0.25, 0.3) is 5.91 Å². The topological polar surface area (TPSA) is 80.0 Å². The first-order valence-electron chi connectivity index (χ1n) is 6.12. The van der Waals surface area contributed by atoms with E-state index in [4.69, 9.17) is 4.42 Å². The fraction of sp³-hybridized carbons (Fsp3) is 0.308. The largest absolute Gasteiger partial charge is 0.432 e. The second-order valence-electron chi connectivity index (χ2n) is 4.10. The van der Waals surface area contributed by atoms with Gasteiger partial charge in [-0.3, -0.25) is 15.1 Å². The molecule has 0 bridgehead atoms.